The van der Waals surface area contributed by atoms with E-state index in [4.69, 9.17) is 14.5 Å². The number of benzene rings is 5. The van der Waals surface area contributed by atoms with Crippen molar-refractivity contribution in [3.05, 3.63) is 154 Å². The molecule has 370 valence electrons. The number of hydrogen-bond acceptors (Lipinski definition) is 12. The number of rotatable bonds is 13. The molecule has 5 heterocycles. The van der Waals surface area contributed by atoms with Gasteiger partial charge >= 0.3 is 5.97 Å². The summed E-state index contributed by atoms with van der Waals surface area (Å²) in [6.45, 7) is 8.46. The minimum absolute atomic E-state index is 0.145. The average Bonchev–Trinajstić information content (AvgIpc) is 3.93. The van der Waals surface area contributed by atoms with Crippen molar-refractivity contribution < 1.29 is 33.4 Å². The first-order valence-electron chi connectivity index (χ1n) is 24.4. The van der Waals surface area contributed by atoms with E-state index in [2.05, 4.69) is 37.0 Å². The molecule has 1 unspecified atom stereocenters. The molecular formula is C57H54N8O7S. The first-order chi connectivity index (χ1) is 35.2. The third-order valence-electron chi connectivity index (χ3n) is 13.2. The van der Waals surface area contributed by atoms with Gasteiger partial charge in [-0.25, -0.2) is 14.8 Å². The van der Waals surface area contributed by atoms with E-state index < -0.39 is 17.5 Å². The topological polar surface area (TPSA) is 187 Å². The van der Waals surface area contributed by atoms with E-state index in [1.165, 1.54) is 11.3 Å². The number of esters is 1. The van der Waals surface area contributed by atoms with Gasteiger partial charge in [0.1, 0.15) is 22.9 Å². The van der Waals surface area contributed by atoms with Gasteiger partial charge in [0.15, 0.2) is 10.8 Å². The van der Waals surface area contributed by atoms with Gasteiger partial charge in [0, 0.05) is 55.2 Å². The van der Waals surface area contributed by atoms with E-state index in [1.807, 2.05) is 131 Å². The van der Waals surface area contributed by atoms with Gasteiger partial charge in [-0.15, -0.1) is 0 Å². The molecular weight excluding hydrogens is 941 g/mol. The Labute approximate surface area is 425 Å². The highest BCUT2D eigenvalue weighted by Gasteiger charge is 2.32. The van der Waals surface area contributed by atoms with Crippen molar-refractivity contribution in [2.45, 2.75) is 84.3 Å². The summed E-state index contributed by atoms with van der Waals surface area (Å²) in [5.41, 5.74) is 7.80. The average molecular weight is 995 g/mol. The van der Waals surface area contributed by atoms with E-state index in [-0.39, 0.29) is 42.2 Å². The Morgan fingerprint density at radius 3 is 2.47 bits per heavy atom. The van der Waals surface area contributed by atoms with Crippen LogP contribution in [0.4, 0.5) is 16.6 Å². The lowest BCUT2D eigenvalue weighted by atomic mass is 9.93. The van der Waals surface area contributed by atoms with Crippen molar-refractivity contribution in [1.29, 1.82) is 0 Å². The standard InChI is InChI=1S/C57H54N8O7S/c1-33-37(16-12-20-45(33)71-46-19-8-6-13-35(46)15-11-22-49(66)58-36-23-24-40-44(31-36)64(5)63-51(40)41-26-28-50(67)61-54(41)69)38-25-27-48(60-52(38)55(70)72-57(2,3)4)65-30-29-34-14-10-17-39(42(34)32-65)53(68)62-56-59-43-18-7-9-21-47(43)73-56/h6-10,12-14,16-21,23-25,27,31,41H,11,15,22,26,28-30,32H2,1-5H3,(H,58,66)(H,59,62,68)(H,61,67,69). The molecule has 2 aliphatic rings. The van der Waals surface area contributed by atoms with Gasteiger partial charge in [0.25, 0.3) is 5.91 Å². The normalized spacial score (nSPS) is 14.7. The maximum atomic E-state index is 14.1. The smallest absolute Gasteiger partial charge is 0.358 e. The quantitative estimate of drug-likeness (QED) is 0.0737. The second-order valence-corrected chi connectivity index (χ2v) is 20.4. The fraction of sp³-hybridized carbons (Fsp3) is 0.263. The molecule has 0 spiro atoms. The van der Waals surface area contributed by atoms with Gasteiger partial charge in [0.05, 0.1) is 27.3 Å². The number of carbonyl (C=O) groups is 5. The third-order valence-corrected chi connectivity index (χ3v) is 14.1. The predicted molar refractivity (Wildman–Crippen MR) is 282 cm³/mol. The Bertz CT molecular complexity index is 3470. The van der Waals surface area contributed by atoms with Crippen molar-refractivity contribution in [3.8, 4) is 22.6 Å². The molecule has 0 saturated carbocycles. The van der Waals surface area contributed by atoms with Crippen LogP contribution in [0.5, 0.6) is 11.5 Å². The van der Waals surface area contributed by atoms with Gasteiger partial charge in [-0.1, -0.05) is 65.9 Å². The van der Waals surface area contributed by atoms with Crippen LogP contribution in [0, 0.1) is 6.92 Å². The number of hydrogen-bond donors (Lipinski definition) is 3. The number of fused-ring (bicyclic) bond motifs is 3. The Hall–Kier alpha value is -8.24. The second kappa shape index (κ2) is 20.1. The zero-order valence-electron chi connectivity index (χ0n) is 41.2. The molecule has 8 aromatic rings. The monoisotopic (exact) mass is 994 g/mol. The van der Waals surface area contributed by atoms with Crippen LogP contribution in [0.25, 0.3) is 32.2 Å². The van der Waals surface area contributed by atoms with Crippen LogP contribution in [-0.4, -0.2) is 61.5 Å². The molecule has 15 nitrogen and oxygen atoms in total. The fourth-order valence-corrected chi connectivity index (χ4v) is 10.4. The molecule has 0 radical (unpaired) electrons. The highest BCUT2D eigenvalue weighted by molar-refractivity contribution is 7.22. The SMILES string of the molecule is Cc1c(Oc2ccccc2CCCC(=O)Nc2ccc3c(C4CCC(=O)NC4=O)nn(C)c3c2)cccc1-c1ccc(N2CCc3cccc(C(=O)Nc4nc5ccccc5s4)c3C2)nc1C(=O)OC(C)(C)C. The lowest BCUT2D eigenvalue weighted by molar-refractivity contribution is -0.134. The van der Waals surface area contributed by atoms with Gasteiger partial charge < -0.3 is 19.7 Å². The number of piperidine rings is 1. The lowest BCUT2D eigenvalue weighted by Gasteiger charge is -2.31. The number of nitrogens with one attached hydrogen (secondary N) is 3. The first-order valence-corrected chi connectivity index (χ1v) is 25.2. The molecule has 0 aliphatic carbocycles. The summed E-state index contributed by atoms with van der Waals surface area (Å²) in [4.78, 5) is 77.3. The van der Waals surface area contributed by atoms with E-state index in [0.717, 1.165) is 48.9 Å². The fourth-order valence-electron chi connectivity index (χ4n) is 9.59. The maximum absolute atomic E-state index is 14.1. The summed E-state index contributed by atoms with van der Waals surface area (Å²) in [6.07, 6.45) is 2.72. The Morgan fingerprint density at radius 2 is 1.64 bits per heavy atom. The van der Waals surface area contributed by atoms with E-state index in [0.29, 0.717) is 83.7 Å². The van der Waals surface area contributed by atoms with Crippen LogP contribution in [-0.2, 0) is 45.6 Å². The van der Waals surface area contributed by atoms with Crippen LogP contribution in [0.2, 0.25) is 0 Å². The summed E-state index contributed by atoms with van der Waals surface area (Å²) >= 11 is 1.43. The van der Waals surface area contributed by atoms with Gasteiger partial charge in [0.2, 0.25) is 17.7 Å². The zero-order valence-corrected chi connectivity index (χ0v) is 42.0. The zero-order chi connectivity index (χ0) is 51.0. The van der Waals surface area contributed by atoms with Crippen molar-refractivity contribution >= 4 is 78.7 Å². The molecule has 3 N–H and O–H groups in total. The molecule has 4 amide bonds. The number of aryl methyl sites for hydroxylation is 2. The number of anilines is 3. The summed E-state index contributed by atoms with van der Waals surface area (Å²) in [6, 6.07) is 36.3. The highest BCUT2D eigenvalue weighted by atomic mass is 32.1. The predicted octanol–water partition coefficient (Wildman–Crippen LogP) is 10.6. The molecule has 2 aliphatic heterocycles. The Balaban J connectivity index is 0.837. The van der Waals surface area contributed by atoms with Crippen molar-refractivity contribution in [2.75, 3.05) is 22.1 Å². The van der Waals surface area contributed by atoms with E-state index in [1.54, 1.807) is 17.8 Å². The minimum Gasteiger partial charge on any atom is -0.457 e. The van der Waals surface area contributed by atoms with Crippen molar-refractivity contribution in [2.24, 2.45) is 7.05 Å². The molecule has 1 saturated heterocycles. The number of imide groups is 1. The maximum Gasteiger partial charge on any atom is 0.358 e. The lowest BCUT2D eigenvalue weighted by Crippen LogP contribution is -2.39. The molecule has 3 aromatic heterocycles. The van der Waals surface area contributed by atoms with Crippen LogP contribution in [0.15, 0.2) is 115 Å². The van der Waals surface area contributed by atoms with Crippen LogP contribution in [0.1, 0.15) is 101 Å². The van der Waals surface area contributed by atoms with Crippen LogP contribution in [0.3, 0.4) is 0 Å². The minimum atomic E-state index is -0.786. The molecule has 5 aromatic carbocycles. The number of nitrogens with zero attached hydrogens (tertiary/aromatic N) is 5. The van der Waals surface area contributed by atoms with Crippen molar-refractivity contribution in [1.82, 2.24) is 25.1 Å². The number of para-hydroxylation sites is 2. The molecule has 1 fully saturated rings. The summed E-state index contributed by atoms with van der Waals surface area (Å²) in [5.74, 6) is -0.257. The number of ether oxygens (including phenoxy) is 2. The molecule has 73 heavy (non-hydrogen) atoms. The number of thiazole rings is 1. The number of pyridine rings is 1. The number of amides is 4. The molecule has 0 bridgehead atoms. The number of carbonyl (C=O) groups excluding carboxylic acids is 5. The van der Waals surface area contributed by atoms with Crippen molar-refractivity contribution in [3.63, 3.8) is 0 Å². The Morgan fingerprint density at radius 1 is 0.849 bits per heavy atom. The molecule has 1 atom stereocenters. The van der Waals surface area contributed by atoms with Crippen LogP contribution < -0.4 is 25.6 Å². The second-order valence-electron chi connectivity index (χ2n) is 19.4. The number of aromatic nitrogens is 4. The Kier molecular flexibility index (Phi) is 13.3. The van der Waals surface area contributed by atoms with Gasteiger partial charge in [-0.2, -0.15) is 5.10 Å². The largest absolute Gasteiger partial charge is 0.457 e. The van der Waals surface area contributed by atoms with E-state index in [9.17, 15) is 24.0 Å². The molecule has 10 rings (SSSR count). The summed E-state index contributed by atoms with van der Waals surface area (Å²) < 4.78 is 15.3. The van der Waals surface area contributed by atoms with Crippen LogP contribution >= 0.6 is 11.3 Å². The third kappa shape index (κ3) is 10.4. The summed E-state index contributed by atoms with van der Waals surface area (Å²) in [5, 5.41) is 14.4. The van der Waals surface area contributed by atoms with Gasteiger partial charge in [-0.05, 0) is 142 Å². The summed E-state index contributed by atoms with van der Waals surface area (Å²) in [7, 11) is 1.79. The first kappa shape index (κ1) is 48.4. The highest BCUT2D eigenvalue weighted by Crippen LogP contribution is 2.38. The molecule has 16 heteroatoms. The van der Waals surface area contributed by atoms with Gasteiger partial charge in [-0.3, -0.25) is 34.5 Å². The van der Waals surface area contributed by atoms with E-state index >= 15 is 0 Å².